The largest absolute Gasteiger partial charge is 0.484 e. The second-order valence-corrected chi connectivity index (χ2v) is 5.87. The number of benzene rings is 2. The van der Waals surface area contributed by atoms with Gasteiger partial charge in [-0.3, -0.25) is 4.79 Å². The first-order valence-corrected chi connectivity index (χ1v) is 8.22. The number of imidazole rings is 1. The molecule has 1 amide bonds. The maximum atomic E-state index is 13.2. The zero-order valence-corrected chi connectivity index (χ0v) is 14.6. The molecule has 0 saturated heterocycles. The number of aromatic nitrogens is 2. The molecule has 2 aromatic carbocycles. The molecule has 6 nitrogen and oxygen atoms in total. The van der Waals surface area contributed by atoms with Gasteiger partial charge in [-0.1, -0.05) is 12.1 Å². The van der Waals surface area contributed by atoms with E-state index in [9.17, 15) is 9.18 Å². The van der Waals surface area contributed by atoms with E-state index in [4.69, 9.17) is 10.00 Å². The lowest BCUT2D eigenvalue weighted by molar-refractivity contribution is -0.123. The zero-order valence-electron chi connectivity index (χ0n) is 14.6. The summed E-state index contributed by atoms with van der Waals surface area (Å²) in [5.41, 5.74) is 1.22. The molecule has 1 atom stereocenters. The minimum Gasteiger partial charge on any atom is -0.484 e. The van der Waals surface area contributed by atoms with E-state index in [0.717, 1.165) is 0 Å². The summed E-state index contributed by atoms with van der Waals surface area (Å²) < 4.78 is 20.5. The lowest BCUT2D eigenvalue weighted by Gasteiger charge is -2.19. The first kappa shape index (κ1) is 18.1. The minimum atomic E-state index is -0.539. The van der Waals surface area contributed by atoms with E-state index >= 15 is 0 Å². The summed E-state index contributed by atoms with van der Waals surface area (Å²) in [7, 11) is 1.82. The third-order valence-electron chi connectivity index (χ3n) is 3.98. The molecule has 0 aliphatic rings. The molecule has 1 N–H and O–H groups in total. The van der Waals surface area contributed by atoms with E-state index in [2.05, 4.69) is 10.3 Å². The van der Waals surface area contributed by atoms with Gasteiger partial charge in [-0.15, -0.1) is 0 Å². The van der Waals surface area contributed by atoms with E-state index in [0.29, 0.717) is 22.7 Å². The Kier molecular flexibility index (Phi) is 5.47. The van der Waals surface area contributed by atoms with E-state index in [1.807, 2.05) is 13.1 Å². The molecule has 1 unspecified atom stereocenters. The molecule has 0 aliphatic carbocycles. The number of amides is 1. The van der Waals surface area contributed by atoms with Gasteiger partial charge in [-0.25, -0.2) is 9.37 Å². The summed E-state index contributed by atoms with van der Waals surface area (Å²) in [6, 6.07) is 13.9. The van der Waals surface area contributed by atoms with Gasteiger partial charge in [0.25, 0.3) is 5.91 Å². The Labute approximate surface area is 155 Å². The summed E-state index contributed by atoms with van der Waals surface area (Å²) in [5.74, 6) is 0.400. The number of carbonyl (C=O) groups is 1. The number of nitrogens with zero attached hydrogens (tertiary/aromatic N) is 3. The van der Waals surface area contributed by atoms with Crippen LogP contribution in [0.15, 0.2) is 60.9 Å². The number of hydrogen-bond acceptors (Lipinski definition) is 4. The summed E-state index contributed by atoms with van der Waals surface area (Å²) in [4.78, 5) is 16.7. The second kappa shape index (κ2) is 8.15. The van der Waals surface area contributed by atoms with Crippen LogP contribution >= 0.6 is 0 Å². The van der Waals surface area contributed by atoms with E-state index in [1.54, 1.807) is 53.4 Å². The number of carbonyl (C=O) groups excluding carboxylic acids is 1. The third kappa shape index (κ3) is 4.50. The van der Waals surface area contributed by atoms with Crippen molar-refractivity contribution in [3.63, 3.8) is 0 Å². The van der Waals surface area contributed by atoms with Crippen molar-refractivity contribution in [2.45, 2.75) is 6.04 Å². The Hall–Kier alpha value is -3.66. The topological polar surface area (TPSA) is 79.9 Å². The van der Waals surface area contributed by atoms with Crippen molar-refractivity contribution in [2.75, 3.05) is 6.61 Å². The molecule has 136 valence electrons. The van der Waals surface area contributed by atoms with Crippen LogP contribution in [-0.4, -0.2) is 22.1 Å². The number of aryl methyl sites for hydroxylation is 1. The molecule has 3 aromatic rings. The Morgan fingerprint density at radius 1 is 1.26 bits per heavy atom. The first-order chi connectivity index (χ1) is 13.1. The molecule has 3 rings (SSSR count). The van der Waals surface area contributed by atoms with Crippen LogP contribution in [0.3, 0.4) is 0 Å². The van der Waals surface area contributed by atoms with Crippen molar-refractivity contribution in [3.8, 4) is 11.8 Å². The van der Waals surface area contributed by atoms with Crippen LogP contribution in [0, 0.1) is 17.1 Å². The molecule has 7 heteroatoms. The Morgan fingerprint density at radius 2 is 1.96 bits per heavy atom. The van der Waals surface area contributed by atoms with Crippen molar-refractivity contribution in [1.82, 2.24) is 14.9 Å². The highest BCUT2D eigenvalue weighted by atomic mass is 19.1. The molecule has 0 fully saturated rings. The van der Waals surface area contributed by atoms with E-state index in [1.165, 1.54) is 12.1 Å². The monoisotopic (exact) mass is 364 g/mol. The molecule has 0 radical (unpaired) electrons. The Bertz CT molecular complexity index is 959. The van der Waals surface area contributed by atoms with Crippen molar-refractivity contribution in [1.29, 1.82) is 5.26 Å². The smallest absolute Gasteiger partial charge is 0.258 e. The fourth-order valence-electron chi connectivity index (χ4n) is 2.58. The van der Waals surface area contributed by atoms with Gasteiger partial charge >= 0.3 is 0 Å². The predicted molar refractivity (Wildman–Crippen MR) is 96.2 cm³/mol. The van der Waals surface area contributed by atoms with Crippen LogP contribution in [0.25, 0.3) is 0 Å². The molecule has 0 aliphatic heterocycles. The highest BCUT2D eigenvalue weighted by Gasteiger charge is 2.21. The summed E-state index contributed by atoms with van der Waals surface area (Å²) in [5, 5.41) is 11.7. The zero-order chi connectivity index (χ0) is 19.2. The van der Waals surface area contributed by atoms with Crippen LogP contribution in [-0.2, 0) is 11.8 Å². The quantitative estimate of drug-likeness (QED) is 0.729. The van der Waals surface area contributed by atoms with Crippen molar-refractivity contribution < 1.29 is 13.9 Å². The normalized spacial score (nSPS) is 11.4. The van der Waals surface area contributed by atoms with Gasteiger partial charge in [-0.2, -0.15) is 5.26 Å². The second-order valence-electron chi connectivity index (χ2n) is 5.87. The van der Waals surface area contributed by atoms with E-state index < -0.39 is 6.04 Å². The standard InChI is InChI=1S/C20H17FN4O2/c1-25-11-10-23-20(25)19(15-4-6-16(21)7-5-15)24-18(26)13-27-17-8-2-14(12-22)3-9-17/h2-11,19H,13H2,1H3,(H,24,26). The maximum absolute atomic E-state index is 13.2. The Morgan fingerprint density at radius 3 is 2.56 bits per heavy atom. The molecular formula is C20H17FN4O2. The first-order valence-electron chi connectivity index (χ1n) is 8.22. The number of nitrogens with one attached hydrogen (secondary N) is 1. The van der Waals surface area contributed by atoms with Gasteiger partial charge in [0.2, 0.25) is 0 Å². The molecule has 1 heterocycles. The number of rotatable bonds is 6. The fraction of sp³-hybridized carbons (Fsp3) is 0.150. The molecular weight excluding hydrogens is 347 g/mol. The molecule has 0 bridgehead atoms. The van der Waals surface area contributed by atoms with E-state index in [-0.39, 0.29) is 18.3 Å². The molecule has 1 aromatic heterocycles. The predicted octanol–water partition coefficient (Wildman–Crippen LogP) is 2.72. The van der Waals surface area contributed by atoms with Gasteiger partial charge in [0, 0.05) is 19.4 Å². The van der Waals surface area contributed by atoms with Gasteiger partial charge in [0.1, 0.15) is 23.4 Å². The number of halogens is 1. The van der Waals surface area contributed by atoms with Crippen LogP contribution in [0.2, 0.25) is 0 Å². The average molecular weight is 364 g/mol. The number of ether oxygens (including phenoxy) is 1. The molecule has 27 heavy (non-hydrogen) atoms. The van der Waals surface area contributed by atoms with Crippen LogP contribution < -0.4 is 10.1 Å². The van der Waals surface area contributed by atoms with Gasteiger partial charge in [0.15, 0.2) is 6.61 Å². The molecule has 0 spiro atoms. The fourth-order valence-corrected chi connectivity index (χ4v) is 2.58. The minimum absolute atomic E-state index is 0.200. The van der Waals surface area contributed by atoms with Gasteiger partial charge in [0.05, 0.1) is 11.6 Å². The van der Waals surface area contributed by atoms with Crippen molar-refractivity contribution in [2.24, 2.45) is 7.05 Å². The Balaban J connectivity index is 1.71. The highest BCUT2D eigenvalue weighted by molar-refractivity contribution is 5.78. The number of nitriles is 1. The molecule has 0 saturated carbocycles. The lowest BCUT2D eigenvalue weighted by atomic mass is 10.1. The number of hydrogen-bond donors (Lipinski definition) is 1. The summed E-state index contributed by atoms with van der Waals surface area (Å²) >= 11 is 0. The summed E-state index contributed by atoms with van der Waals surface area (Å²) in [6.07, 6.45) is 3.40. The van der Waals surface area contributed by atoms with Crippen LogP contribution in [0.4, 0.5) is 4.39 Å². The third-order valence-corrected chi connectivity index (χ3v) is 3.98. The lowest BCUT2D eigenvalue weighted by Crippen LogP contribution is -2.34. The summed E-state index contributed by atoms with van der Waals surface area (Å²) in [6.45, 7) is -0.200. The van der Waals surface area contributed by atoms with Crippen LogP contribution in [0.5, 0.6) is 5.75 Å². The van der Waals surface area contributed by atoms with Crippen LogP contribution in [0.1, 0.15) is 23.0 Å². The van der Waals surface area contributed by atoms with Gasteiger partial charge < -0.3 is 14.6 Å². The average Bonchev–Trinajstić information content (AvgIpc) is 3.11. The van der Waals surface area contributed by atoms with Crippen molar-refractivity contribution in [3.05, 3.63) is 83.7 Å². The SMILES string of the molecule is Cn1ccnc1C(NC(=O)COc1ccc(C#N)cc1)c1ccc(F)cc1. The maximum Gasteiger partial charge on any atom is 0.258 e. The van der Waals surface area contributed by atoms with Gasteiger partial charge in [-0.05, 0) is 42.0 Å². The highest BCUT2D eigenvalue weighted by Crippen LogP contribution is 2.21. The van der Waals surface area contributed by atoms with Crippen molar-refractivity contribution >= 4 is 5.91 Å².